The fraction of sp³-hybridized carbons (Fsp3) is 0.350. The van der Waals surface area contributed by atoms with Gasteiger partial charge in [0.15, 0.2) is 0 Å². The molecule has 0 unspecified atom stereocenters. The molecule has 3 heterocycles. The van der Waals surface area contributed by atoms with Gasteiger partial charge in [-0.05, 0) is 42.3 Å². The van der Waals surface area contributed by atoms with E-state index in [1.54, 1.807) is 29.4 Å². The molecule has 28 heavy (non-hydrogen) atoms. The Morgan fingerprint density at radius 2 is 2.14 bits per heavy atom. The molecular weight excluding hydrogens is 398 g/mol. The van der Waals surface area contributed by atoms with Crippen molar-refractivity contribution in [3.05, 3.63) is 53.3 Å². The third-order valence-corrected chi connectivity index (χ3v) is 6.36. The number of pyridine rings is 1. The molecule has 0 aliphatic carbocycles. The number of amides is 2. The average molecular weight is 418 g/mol. The molecule has 2 aromatic rings. The highest BCUT2D eigenvalue weighted by molar-refractivity contribution is 8.01. The summed E-state index contributed by atoms with van der Waals surface area (Å²) in [7, 11) is 0. The van der Waals surface area contributed by atoms with Gasteiger partial charge in [-0.2, -0.15) is 0 Å². The molecule has 1 N–H and O–H groups in total. The lowest BCUT2D eigenvalue weighted by atomic mass is 10.2. The zero-order chi connectivity index (χ0) is 19.5. The van der Waals surface area contributed by atoms with Gasteiger partial charge in [0, 0.05) is 41.8 Å². The first-order valence-electron chi connectivity index (χ1n) is 9.14. The smallest absolute Gasteiger partial charge is 0.238 e. The van der Waals surface area contributed by atoms with Crippen LogP contribution in [0.25, 0.3) is 0 Å². The number of nitrogens with zero attached hydrogens (tertiary/aromatic N) is 2. The Bertz CT molecular complexity index is 880. The summed E-state index contributed by atoms with van der Waals surface area (Å²) in [5.74, 6) is -0.169. The molecule has 1 fully saturated rings. The number of thioether (sulfide) groups is 1. The highest BCUT2D eigenvalue weighted by Gasteiger charge is 2.33. The number of fused-ring (bicyclic) bond motifs is 1. The number of carbonyl (C=O) groups is 2. The zero-order valence-electron chi connectivity index (χ0n) is 15.1. The summed E-state index contributed by atoms with van der Waals surface area (Å²) < 4.78 is 5.92. The zero-order valence-corrected chi connectivity index (χ0v) is 16.7. The molecule has 146 valence electrons. The van der Waals surface area contributed by atoms with E-state index in [9.17, 15) is 9.59 Å². The van der Waals surface area contributed by atoms with Crippen molar-refractivity contribution in [1.29, 1.82) is 0 Å². The van der Waals surface area contributed by atoms with E-state index in [-0.39, 0.29) is 24.3 Å². The Labute approximate surface area is 172 Å². The number of hydrogen-bond acceptors (Lipinski definition) is 5. The Morgan fingerprint density at radius 3 is 2.96 bits per heavy atom. The number of hydrogen-bond donors (Lipinski definition) is 1. The molecule has 8 heteroatoms. The van der Waals surface area contributed by atoms with Crippen LogP contribution in [-0.4, -0.2) is 46.1 Å². The molecule has 2 atom stereocenters. The number of nitrogens with one attached hydrogen (secondary N) is 1. The van der Waals surface area contributed by atoms with Crippen LogP contribution in [0.2, 0.25) is 5.02 Å². The normalized spacial score (nSPS) is 21.3. The summed E-state index contributed by atoms with van der Waals surface area (Å²) in [6, 6.07) is 9.22. The van der Waals surface area contributed by atoms with Gasteiger partial charge in [0.05, 0.1) is 23.6 Å². The Kier molecular flexibility index (Phi) is 5.85. The van der Waals surface area contributed by atoms with Crippen LogP contribution >= 0.6 is 23.4 Å². The molecule has 2 amide bonds. The maximum absolute atomic E-state index is 12.7. The van der Waals surface area contributed by atoms with Gasteiger partial charge in [0.2, 0.25) is 11.8 Å². The van der Waals surface area contributed by atoms with Crippen molar-refractivity contribution in [3.63, 3.8) is 0 Å². The van der Waals surface area contributed by atoms with Crippen molar-refractivity contribution in [1.82, 2.24) is 9.88 Å². The van der Waals surface area contributed by atoms with E-state index in [0.717, 1.165) is 16.9 Å². The van der Waals surface area contributed by atoms with Gasteiger partial charge in [-0.3, -0.25) is 14.6 Å². The van der Waals surface area contributed by atoms with Crippen molar-refractivity contribution >= 4 is 40.9 Å². The summed E-state index contributed by atoms with van der Waals surface area (Å²) in [6.45, 7) is 1.73. The second-order valence-corrected chi connectivity index (χ2v) is 8.54. The van der Waals surface area contributed by atoms with Gasteiger partial charge in [0.1, 0.15) is 0 Å². The van der Waals surface area contributed by atoms with E-state index >= 15 is 0 Å². The predicted octanol–water partition coefficient (Wildman–Crippen LogP) is 3.36. The summed E-state index contributed by atoms with van der Waals surface area (Å²) in [5, 5.41) is 2.99. The first kappa shape index (κ1) is 19.2. The van der Waals surface area contributed by atoms with Crippen LogP contribution in [-0.2, 0) is 20.9 Å². The van der Waals surface area contributed by atoms with Gasteiger partial charge >= 0.3 is 0 Å². The highest BCUT2D eigenvalue weighted by atomic mass is 35.5. The van der Waals surface area contributed by atoms with Crippen molar-refractivity contribution in [2.24, 2.45) is 0 Å². The minimum atomic E-state index is -0.432. The fourth-order valence-corrected chi connectivity index (χ4v) is 4.58. The van der Waals surface area contributed by atoms with Crippen LogP contribution < -0.4 is 5.32 Å². The minimum absolute atomic E-state index is 0.0138. The summed E-state index contributed by atoms with van der Waals surface area (Å²) in [4.78, 5) is 31.8. The lowest BCUT2D eigenvalue weighted by Crippen LogP contribution is -2.37. The molecular formula is C20H20ClN3O3S. The van der Waals surface area contributed by atoms with E-state index < -0.39 is 5.25 Å². The Balaban J connectivity index is 1.29. The van der Waals surface area contributed by atoms with Crippen LogP contribution in [0.3, 0.4) is 0 Å². The second kappa shape index (κ2) is 8.51. The van der Waals surface area contributed by atoms with E-state index in [1.807, 2.05) is 18.2 Å². The Hall–Kier alpha value is -2.09. The number of carbonyl (C=O) groups excluding carboxylic acids is 2. The lowest BCUT2D eigenvalue weighted by molar-refractivity contribution is -0.132. The quantitative estimate of drug-likeness (QED) is 0.807. The minimum Gasteiger partial charge on any atom is -0.372 e. The monoisotopic (exact) mass is 417 g/mol. The molecule has 0 saturated carbocycles. The maximum Gasteiger partial charge on any atom is 0.238 e. The molecule has 0 radical (unpaired) electrons. The number of benzene rings is 1. The first-order valence-corrected chi connectivity index (χ1v) is 10.4. The van der Waals surface area contributed by atoms with Gasteiger partial charge in [0.25, 0.3) is 0 Å². The number of aromatic nitrogens is 1. The third-order valence-electron chi connectivity index (χ3n) is 4.85. The molecule has 2 aliphatic heterocycles. The van der Waals surface area contributed by atoms with E-state index in [4.69, 9.17) is 16.3 Å². The second-order valence-electron chi connectivity index (χ2n) is 6.86. The number of halogens is 1. The molecule has 1 saturated heterocycles. The van der Waals surface area contributed by atoms with Gasteiger partial charge in [-0.1, -0.05) is 11.6 Å². The van der Waals surface area contributed by atoms with Crippen LogP contribution in [0.1, 0.15) is 18.4 Å². The number of ether oxygens (including phenoxy) is 1. The molecule has 0 spiro atoms. The van der Waals surface area contributed by atoms with E-state index in [2.05, 4.69) is 10.3 Å². The molecule has 1 aromatic heterocycles. The standard InChI is InChI=1S/C20H20ClN3O3S/c21-14-1-2-17-16(9-14)23-20(26)18(28-17)10-19(25)24-8-5-15(11-24)27-12-13-3-6-22-7-4-13/h1-4,6-7,9,15,18H,5,8,10-12H2,(H,23,26)/t15-,18-/m1/s1. The molecule has 4 rings (SSSR count). The van der Waals surface area contributed by atoms with Crippen LogP contribution in [0, 0.1) is 0 Å². The highest BCUT2D eigenvalue weighted by Crippen LogP contribution is 2.38. The van der Waals surface area contributed by atoms with Crippen LogP contribution in [0.15, 0.2) is 47.6 Å². The van der Waals surface area contributed by atoms with Gasteiger partial charge in [-0.15, -0.1) is 11.8 Å². The maximum atomic E-state index is 12.7. The topological polar surface area (TPSA) is 71.5 Å². The number of rotatable bonds is 5. The van der Waals surface area contributed by atoms with Gasteiger partial charge in [-0.25, -0.2) is 0 Å². The van der Waals surface area contributed by atoms with Crippen LogP contribution in [0.5, 0.6) is 0 Å². The Morgan fingerprint density at radius 1 is 1.32 bits per heavy atom. The fourth-order valence-electron chi connectivity index (χ4n) is 3.33. The molecule has 0 bridgehead atoms. The van der Waals surface area contributed by atoms with Crippen molar-refractivity contribution < 1.29 is 14.3 Å². The molecule has 2 aliphatic rings. The summed E-state index contributed by atoms with van der Waals surface area (Å²) in [5.41, 5.74) is 1.77. The summed E-state index contributed by atoms with van der Waals surface area (Å²) >= 11 is 7.39. The summed E-state index contributed by atoms with van der Waals surface area (Å²) in [6.07, 6.45) is 4.48. The van der Waals surface area contributed by atoms with Crippen molar-refractivity contribution in [2.45, 2.75) is 35.7 Å². The largest absolute Gasteiger partial charge is 0.372 e. The van der Waals surface area contributed by atoms with Gasteiger partial charge < -0.3 is 15.0 Å². The van der Waals surface area contributed by atoms with E-state index in [1.165, 1.54) is 11.8 Å². The number of anilines is 1. The van der Waals surface area contributed by atoms with E-state index in [0.29, 0.717) is 30.4 Å². The molecule has 1 aromatic carbocycles. The van der Waals surface area contributed by atoms with Crippen molar-refractivity contribution in [2.75, 3.05) is 18.4 Å². The van der Waals surface area contributed by atoms with Crippen LogP contribution in [0.4, 0.5) is 5.69 Å². The lowest BCUT2D eigenvalue weighted by Gasteiger charge is -2.25. The molecule has 6 nitrogen and oxygen atoms in total. The van der Waals surface area contributed by atoms with Crippen molar-refractivity contribution in [3.8, 4) is 0 Å². The number of likely N-dealkylation sites (tertiary alicyclic amines) is 1. The SMILES string of the molecule is O=C1Nc2cc(Cl)ccc2S[C@@H]1CC(=O)N1CC[C@@H](OCc2ccncc2)C1. The third kappa shape index (κ3) is 4.48. The predicted molar refractivity (Wildman–Crippen MR) is 108 cm³/mol. The average Bonchev–Trinajstić information content (AvgIpc) is 3.17. The first-order chi connectivity index (χ1) is 13.6.